The van der Waals surface area contributed by atoms with E-state index < -0.39 is 30.3 Å². The second-order valence-corrected chi connectivity index (χ2v) is 4.83. The number of hydrogen-bond donors (Lipinski definition) is 3. The van der Waals surface area contributed by atoms with Crippen LogP contribution in [0.15, 0.2) is 36.4 Å². The van der Waals surface area contributed by atoms with Crippen molar-refractivity contribution in [2.24, 2.45) is 0 Å². The maximum Gasteiger partial charge on any atom is 0.326 e. The first-order chi connectivity index (χ1) is 11.5. The summed E-state index contributed by atoms with van der Waals surface area (Å²) in [5.41, 5.74) is 0.832. The van der Waals surface area contributed by atoms with E-state index in [-0.39, 0.29) is 6.79 Å². The van der Waals surface area contributed by atoms with Crippen molar-refractivity contribution in [3.63, 3.8) is 0 Å². The summed E-state index contributed by atoms with van der Waals surface area (Å²) in [6.07, 6.45) is 5.14. The number of allylic oxidation sites excluding steroid dienone is 2. The standard InChI is InChI=1S/C16H15NO7/c18-14(17-11(16(21)22)8-15(19)20)4-2-1-3-10-5-6-12-13(7-10)24-9-23-12/h1-7,11H,8-9H2,(H,17,18)(H,19,20)(H,21,22)/b3-1+,4-2-/t11-/m0/s1. The fourth-order valence-electron chi connectivity index (χ4n) is 1.92. The van der Waals surface area contributed by atoms with Crippen molar-refractivity contribution in [2.45, 2.75) is 12.5 Å². The number of aliphatic carboxylic acids is 2. The van der Waals surface area contributed by atoms with Crippen molar-refractivity contribution in [1.82, 2.24) is 5.32 Å². The fraction of sp³-hybridized carbons (Fsp3) is 0.188. The van der Waals surface area contributed by atoms with Gasteiger partial charge in [0.15, 0.2) is 11.5 Å². The second kappa shape index (κ2) is 7.82. The molecule has 0 saturated heterocycles. The number of rotatable bonds is 7. The minimum atomic E-state index is -1.47. The Morgan fingerprint density at radius 1 is 1.17 bits per heavy atom. The van der Waals surface area contributed by atoms with Crippen LogP contribution in [-0.2, 0) is 14.4 Å². The molecule has 126 valence electrons. The number of nitrogens with one attached hydrogen (secondary N) is 1. The van der Waals surface area contributed by atoms with E-state index in [1.807, 2.05) is 6.07 Å². The van der Waals surface area contributed by atoms with Crippen molar-refractivity contribution in [2.75, 3.05) is 6.79 Å². The molecule has 3 N–H and O–H groups in total. The van der Waals surface area contributed by atoms with Gasteiger partial charge in [-0.1, -0.05) is 24.3 Å². The van der Waals surface area contributed by atoms with Gasteiger partial charge in [0.2, 0.25) is 12.7 Å². The van der Waals surface area contributed by atoms with Gasteiger partial charge in [-0.05, 0) is 17.7 Å². The highest BCUT2D eigenvalue weighted by molar-refractivity contribution is 5.92. The van der Waals surface area contributed by atoms with Gasteiger partial charge in [-0.25, -0.2) is 4.79 Å². The van der Waals surface area contributed by atoms with E-state index in [4.69, 9.17) is 19.7 Å². The molecular formula is C16H15NO7. The average Bonchev–Trinajstić information content (AvgIpc) is 2.98. The van der Waals surface area contributed by atoms with Crippen LogP contribution < -0.4 is 14.8 Å². The molecule has 2 rings (SSSR count). The molecule has 1 amide bonds. The Morgan fingerprint density at radius 3 is 2.62 bits per heavy atom. The van der Waals surface area contributed by atoms with Crippen molar-refractivity contribution < 1.29 is 34.1 Å². The second-order valence-electron chi connectivity index (χ2n) is 4.83. The topological polar surface area (TPSA) is 122 Å². The molecule has 24 heavy (non-hydrogen) atoms. The highest BCUT2D eigenvalue weighted by Gasteiger charge is 2.21. The third-order valence-corrected chi connectivity index (χ3v) is 3.04. The van der Waals surface area contributed by atoms with Crippen molar-refractivity contribution in [3.05, 3.63) is 42.0 Å². The van der Waals surface area contributed by atoms with Gasteiger partial charge in [-0.15, -0.1) is 0 Å². The van der Waals surface area contributed by atoms with E-state index in [0.717, 1.165) is 11.6 Å². The molecule has 0 spiro atoms. The number of carboxylic acids is 2. The van der Waals surface area contributed by atoms with E-state index in [1.165, 1.54) is 6.08 Å². The quantitative estimate of drug-likeness (QED) is 0.503. The lowest BCUT2D eigenvalue weighted by molar-refractivity contribution is -0.146. The number of carbonyl (C=O) groups is 3. The highest BCUT2D eigenvalue weighted by atomic mass is 16.7. The first kappa shape index (κ1) is 17.1. The van der Waals surface area contributed by atoms with Gasteiger partial charge in [0, 0.05) is 6.08 Å². The molecule has 1 aromatic rings. The summed E-state index contributed by atoms with van der Waals surface area (Å²) in [5, 5.41) is 19.5. The van der Waals surface area contributed by atoms with Crippen LogP contribution in [0.5, 0.6) is 11.5 Å². The molecule has 1 aromatic carbocycles. The molecule has 0 aromatic heterocycles. The summed E-state index contributed by atoms with van der Waals surface area (Å²) >= 11 is 0. The molecule has 8 heteroatoms. The van der Waals surface area contributed by atoms with Gasteiger partial charge in [0.1, 0.15) is 6.04 Å². The third-order valence-electron chi connectivity index (χ3n) is 3.04. The number of ether oxygens (including phenoxy) is 2. The smallest absolute Gasteiger partial charge is 0.326 e. The van der Waals surface area contributed by atoms with Crippen LogP contribution in [0.1, 0.15) is 12.0 Å². The zero-order valence-electron chi connectivity index (χ0n) is 12.5. The normalized spacial score (nSPS) is 14.0. The van der Waals surface area contributed by atoms with E-state index in [2.05, 4.69) is 5.32 Å². The number of benzene rings is 1. The van der Waals surface area contributed by atoms with Crippen molar-refractivity contribution >= 4 is 23.9 Å². The average molecular weight is 333 g/mol. The summed E-state index contributed by atoms with van der Waals surface area (Å²) in [6, 6.07) is 3.88. The molecule has 1 aliphatic rings. The predicted octanol–water partition coefficient (Wildman–Crippen LogP) is 1.03. The SMILES string of the molecule is O=C(O)C[C@H](NC(=O)/C=C\C=C\c1ccc2c(c1)OCO2)C(=O)O. The van der Waals surface area contributed by atoms with Crippen molar-refractivity contribution in [1.29, 1.82) is 0 Å². The van der Waals surface area contributed by atoms with Gasteiger partial charge in [-0.3, -0.25) is 9.59 Å². The maximum atomic E-state index is 11.6. The Balaban J connectivity index is 1.89. The fourth-order valence-corrected chi connectivity index (χ4v) is 1.92. The Labute approximate surface area is 137 Å². The summed E-state index contributed by atoms with van der Waals surface area (Å²) in [7, 11) is 0. The summed E-state index contributed by atoms with van der Waals surface area (Å²) in [4.78, 5) is 33.0. The molecular weight excluding hydrogens is 318 g/mol. The van der Waals surface area contributed by atoms with E-state index in [0.29, 0.717) is 11.5 Å². The number of fused-ring (bicyclic) bond motifs is 1. The maximum absolute atomic E-state index is 11.6. The molecule has 0 aliphatic carbocycles. The Hall–Kier alpha value is -3.29. The van der Waals surface area contributed by atoms with Crippen LogP contribution in [0, 0.1) is 0 Å². The van der Waals surface area contributed by atoms with Gasteiger partial charge in [0.25, 0.3) is 0 Å². The van der Waals surface area contributed by atoms with Crippen LogP contribution in [0.4, 0.5) is 0 Å². The van der Waals surface area contributed by atoms with E-state index in [1.54, 1.807) is 24.3 Å². The molecule has 8 nitrogen and oxygen atoms in total. The van der Waals surface area contributed by atoms with Gasteiger partial charge in [-0.2, -0.15) is 0 Å². The molecule has 1 heterocycles. The molecule has 0 saturated carbocycles. The number of carboxylic acid groups (broad SMARTS) is 2. The predicted molar refractivity (Wildman–Crippen MR) is 82.6 cm³/mol. The largest absolute Gasteiger partial charge is 0.481 e. The van der Waals surface area contributed by atoms with Crippen LogP contribution in [0.3, 0.4) is 0 Å². The molecule has 0 fully saturated rings. The van der Waals surface area contributed by atoms with Crippen LogP contribution in [-0.4, -0.2) is 40.9 Å². The van der Waals surface area contributed by atoms with E-state index >= 15 is 0 Å². The zero-order valence-corrected chi connectivity index (χ0v) is 12.5. The van der Waals surface area contributed by atoms with Gasteiger partial charge >= 0.3 is 11.9 Å². The Morgan fingerprint density at radius 2 is 1.92 bits per heavy atom. The molecule has 1 atom stereocenters. The first-order valence-corrected chi connectivity index (χ1v) is 6.95. The lowest BCUT2D eigenvalue weighted by Crippen LogP contribution is -2.41. The van der Waals surface area contributed by atoms with Gasteiger partial charge in [0.05, 0.1) is 6.42 Å². The van der Waals surface area contributed by atoms with Crippen LogP contribution in [0.25, 0.3) is 6.08 Å². The minimum Gasteiger partial charge on any atom is -0.481 e. The van der Waals surface area contributed by atoms with Crippen molar-refractivity contribution in [3.8, 4) is 11.5 Å². The molecule has 0 unspecified atom stereocenters. The minimum absolute atomic E-state index is 0.184. The molecule has 1 aliphatic heterocycles. The first-order valence-electron chi connectivity index (χ1n) is 6.95. The third kappa shape index (κ3) is 4.87. The summed E-state index contributed by atoms with van der Waals surface area (Å²) in [6.45, 7) is 0.184. The Kier molecular flexibility index (Phi) is 5.56. The lowest BCUT2D eigenvalue weighted by atomic mass is 10.2. The highest BCUT2D eigenvalue weighted by Crippen LogP contribution is 2.32. The zero-order chi connectivity index (χ0) is 17.5. The summed E-state index contributed by atoms with van der Waals surface area (Å²) in [5.74, 6) is -2.11. The monoisotopic (exact) mass is 333 g/mol. The van der Waals surface area contributed by atoms with Crippen LogP contribution >= 0.6 is 0 Å². The van der Waals surface area contributed by atoms with Gasteiger partial charge < -0.3 is 25.0 Å². The number of carbonyl (C=O) groups excluding carboxylic acids is 1. The molecule has 0 bridgehead atoms. The molecule has 0 radical (unpaired) electrons. The van der Waals surface area contributed by atoms with E-state index in [9.17, 15) is 14.4 Å². The number of hydrogen-bond acceptors (Lipinski definition) is 5. The lowest BCUT2D eigenvalue weighted by Gasteiger charge is -2.09. The van der Waals surface area contributed by atoms with Crippen LogP contribution in [0.2, 0.25) is 0 Å². The summed E-state index contributed by atoms with van der Waals surface area (Å²) < 4.78 is 10.4. The Bertz CT molecular complexity index is 708. The number of amides is 1.